The van der Waals surface area contributed by atoms with Gasteiger partial charge in [-0.2, -0.15) is 0 Å². The summed E-state index contributed by atoms with van der Waals surface area (Å²) < 4.78 is 37.2. The van der Waals surface area contributed by atoms with Gasteiger partial charge in [-0.1, -0.05) is 23.7 Å². The second kappa shape index (κ2) is 9.59. The minimum absolute atomic E-state index is 0.0118. The average Bonchev–Trinajstić information content (AvgIpc) is 2.66. The van der Waals surface area contributed by atoms with Crippen molar-refractivity contribution in [3.63, 3.8) is 0 Å². The van der Waals surface area contributed by atoms with Crippen molar-refractivity contribution >= 4 is 27.5 Å². The number of hydrogen-bond donors (Lipinski definition) is 2. The van der Waals surface area contributed by atoms with E-state index < -0.39 is 10.0 Å². The van der Waals surface area contributed by atoms with Crippen LogP contribution in [0.4, 0.5) is 0 Å². The molecule has 0 bridgehead atoms. The molecule has 2 N–H and O–H groups in total. The second-order valence-electron chi connectivity index (χ2n) is 5.53. The predicted octanol–water partition coefficient (Wildman–Crippen LogP) is 2.34. The zero-order chi connectivity index (χ0) is 19.9. The quantitative estimate of drug-likeness (QED) is 0.659. The molecule has 1 amide bonds. The zero-order valence-corrected chi connectivity index (χ0v) is 16.6. The molecule has 2 aromatic rings. The number of carbonyl (C=O) groups is 1. The molecule has 0 fully saturated rings. The molecule has 0 saturated heterocycles. The molecule has 0 spiro atoms. The lowest BCUT2D eigenvalue weighted by Crippen LogP contribution is -2.30. The summed E-state index contributed by atoms with van der Waals surface area (Å²) in [6, 6.07) is 11.4. The predicted molar refractivity (Wildman–Crippen MR) is 103 cm³/mol. The number of sulfonamides is 1. The molecule has 2 aromatic carbocycles. The van der Waals surface area contributed by atoms with Crippen molar-refractivity contribution in [3.8, 4) is 11.5 Å². The summed E-state index contributed by atoms with van der Waals surface area (Å²) in [7, 11) is -0.681. The highest BCUT2D eigenvalue weighted by molar-refractivity contribution is 7.89. The Labute approximate surface area is 163 Å². The van der Waals surface area contributed by atoms with Gasteiger partial charge in [0.1, 0.15) is 16.4 Å². The van der Waals surface area contributed by atoms with Gasteiger partial charge in [-0.05, 0) is 24.3 Å². The van der Waals surface area contributed by atoms with E-state index >= 15 is 0 Å². The van der Waals surface area contributed by atoms with E-state index in [-0.39, 0.29) is 35.3 Å². The number of halogens is 1. The van der Waals surface area contributed by atoms with E-state index in [1.54, 1.807) is 37.4 Å². The van der Waals surface area contributed by atoms with Gasteiger partial charge in [0.25, 0.3) is 0 Å². The highest BCUT2D eigenvalue weighted by atomic mass is 35.5. The molecule has 27 heavy (non-hydrogen) atoms. The molecule has 0 saturated carbocycles. The van der Waals surface area contributed by atoms with Crippen molar-refractivity contribution in [2.45, 2.75) is 17.9 Å². The van der Waals surface area contributed by atoms with Crippen LogP contribution in [0, 0.1) is 0 Å². The third-order valence-corrected chi connectivity index (χ3v) is 5.70. The number of amides is 1. The van der Waals surface area contributed by atoms with E-state index in [0.29, 0.717) is 11.5 Å². The fraction of sp³-hybridized carbons (Fsp3) is 0.278. The SMILES string of the molecule is COc1ccc(CNC(=O)CCNS(=O)(=O)c2ccccc2Cl)c(OC)c1. The van der Waals surface area contributed by atoms with E-state index in [1.165, 1.54) is 19.2 Å². The van der Waals surface area contributed by atoms with Crippen LogP contribution in [-0.2, 0) is 21.4 Å². The minimum atomic E-state index is -3.77. The monoisotopic (exact) mass is 412 g/mol. The Hall–Kier alpha value is -2.29. The van der Waals surface area contributed by atoms with Crippen molar-refractivity contribution in [3.05, 3.63) is 53.1 Å². The van der Waals surface area contributed by atoms with Crippen molar-refractivity contribution in [2.24, 2.45) is 0 Å². The van der Waals surface area contributed by atoms with Crippen LogP contribution < -0.4 is 19.5 Å². The molecule has 9 heteroatoms. The van der Waals surface area contributed by atoms with Crippen LogP contribution in [0.25, 0.3) is 0 Å². The molecule has 2 rings (SSSR count). The average molecular weight is 413 g/mol. The van der Waals surface area contributed by atoms with Crippen LogP contribution in [0.1, 0.15) is 12.0 Å². The van der Waals surface area contributed by atoms with Crippen LogP contribution >= 0.6 is 11.6 Å². The summed E-state index contributed by atoms with van der Waals surface area (Å²) in [5, 5.41) is 2.85. The number of carbonyl (C=O) groups excluding carboxylic acids is 1. The van der Waals surface area contributed by atoms with Gasteiger partial charge in [0, 0.05) is 31.1 Å². The molecule has 0 heterocycles. The van der Waals surface area contributed by atoms with E-state index in [0.717, 1.165) is 5.56 Å². The molecular formula is C18H21ClN2O5S. The molecule has 0 atom stereocenters. The lowest BCUT2D eigenvalue weighted by atomic mass is 10.2. The first-order chi connectivity index (χ1) is 12.9. The molecule has 0 aromatic heterocycles. The van der Waals surface area contributed by atoms with Gasteiger partial charge in [-0.15, -0.1) is 0 Å². The summed E-state index contributed by atoms with van der Waals surface area (Å²) in [4.78, 5) is 12.0. The molecular weight excluding hydrogens is 392 g/mol. The highest BCUT2D eigenvalue weighted by Crippen LogP contribution is 2.24. The molecule has 0 unspecified atom stereocenters. The maximum absolute atomic E-state index is 12.2. The standard InChI is InChI=1S/C18H21ClN2O5S/c1-25-14-8-7-13(16(11-14)26-2)12-20-18(22)9-10-21-27(23,24)17-6-4-3-5-15(17)19/h3-8,11,21H,9-10,12H2,1-2H3,(H,20,22). The minimum Gasteiger partial charge on any atom is -0.497 e. The van der Waals surface area contributed by atoms with Gasteiger partial charge in [0.15, 0.2) is 0 Å². The lowest BCUT2D eigenvalue weighted by molar-refractivity contribution is -0.121. The van der Waals surface area contributed by atoms with Crippen molar-refractivity contribution in [1.29, 1.82) is 0 Å². The smallest absolute Gasteiger partial charge is 0.242 e. The third-order valence-electron chi connectivity index (χ3n) is 3.74. The molecule has 0 aliphatic carbocycles. The zero-order valence-electron chi connectivity index (χ0n) is 15.0. The molecule has 0 aliphatic heterocycles. The Bertz CT molecular complexity index is 902. The number of rotatable bonds is 9. The number of nitrogens with one attached hydrogen (secondary N) is 2. The van der Waals surface area contributed by atoms with Crippen molar-refractivity contribution < 1.29 is 22.7 Å². The molecule has 146 valence electrons. The topological polar surface area (TPSA) is 93.7 Å². The van der Waals surface area contributed by atoms with Crippen LogP contribution in [0.2, 0.25) is 5.02 Å². The number of hydrogen-bond acceptors (Lipinski definition) is 5. The van der Waals surface area contributed by atoms with Crippen LogP contribution in [0.3, 0.4) is 0 Å². The summed E-state index contributed by atoms with van der Waals surface area (Å²) >= 11 is 5.90. The summed E-state index contributed by atoms with van der Waals surface area (Å²) in [5.74, 6) is 0.944. The Morgan fingerprint density at radius 3 is 2.52 bits per heavy atom. The Morgan fingerprint density at radius 2 is 1.85 bits per heavy atom. The first-order valence-corrected chi connectivity index (χ1v) is 9.95. The van der Waals surface area contributed by atoms with E-state index in [2.05, 4.69) is 10.0 Å². The molecule has 7 nitrogen and oxygen atoms in total. The number of ether oxygens (including phenoxy) is 2. The summed E-state index contributed by atoms with van der Waals surface area (Å²) in [6.07, 6.45) is -0.0118. The first kappa shape index (κ1) is 21.0. The summed E-state index contributed by atoms with van der Waals surface area (Å²) in [6.45, 7) is 0.211. The highest BCUT2D eigenvalue weighted by Gasteiger charge is 2.17. The van der Waals surface area contributed by atoms with Gasteiger partial charge < -0.3 is 14.8 Å². The van der Waals surface area contributed by atoms with Crippen molar-refractivity contribution in [2.75, 3.05) is 20.8 Å². The van der Waals surface area contributed by atoms with Gasteiger partial charge in [0.05, 0.1) is 19.2 Å². The third kappa shape index (κ3) is 5.85. The van der Waals surface area contributed by atoms with Crippen molar-refractivity contribution in [1.82, 2.24) is 10.0 Å². The fourth-order valence-corrected chi connectivity index (χ4v) is 3.87. The van der Waals surface area contributed by atoms with Gasteiger partial charge >= 0.3 is 0 Å². The van der Waals surface area contributed by atoms with Crippen LogP contribution in [0.15, 0.2) is 47.4 Å². The van der Waals surface area contributed by atoms with Gasteiger partial charge in [0.2, 0.25) is 15.9 Å². The van der Waals surface area contributed by atoms with E-state index in [4.69, 9.17) is 21.1 Å². The fourth-order valence-electron chi connectivity index (χ4n) is 2.32. The number of methoxy groups -OCH3 is 2. The maximum atomic E-state index is 12.2. The first-order valence-electron chi connectivity index (χ1n) is 8.09. The lowest BCUT2D eigenvalue weighted by Gasteiger charge is -2.12. The Kier molecular flexibility index (Phi) is 7.46. The van der Waals surface area contributed by atoms with Gasteiger partial charge in [-0.3, -0.25) is 4.79 Å². The largest absolute Gasteiger partial charge is 0.497 e. The number of benzene rings is 2. The molecule has 0 aliphatic rings. The van der Waals surface area contributed by atoms with Gasteiger partial charge in [-0.25, -0.2) is 13.1 Å². The maximum Gasteiger partial charge on any atom is 0.242 e. The Balaban J connectivity index is 1.86. The van der Waals surface area contributed by atoms with E-state index in [9.17, 15) is 13.2 Å². The van der Waals surface area contributed by atoms with Crippen LogP contribution in [0.5, 0.6) is 11.5 Å². The van der Waals surface area contributed by atoms with Crippen LogP contribution in [-0.4, -0.2) is 35.1 Å². The molecule has 0 radical (unpaired) electrons. The summed E-state index contributed by atoms with van der Waals surface area (Å²) in [5.41, 5.74) is 0.781. The Morgan fingerprint density at radius 1 is 1.11 bits per heavy atom. The normalized spacial score (nSPS) is 11.1. The van der Waals surface area contributed by atoms with E-state index in [1.807, 2.05) is 0 Å². The second-order valence-corrected chi connectivity index (χ2v) is 7.68.